The van der Waals surface area contributed by atoms with Gasteiger partial charge in [-0.3, -0.25) is 4.79 Å². The second-order valence-electron chi connectivity index (χ2n) is 2.32. The van der Waals surface area contributed by atoms with Gasteiger partial charge in [-0.05, 0) is 19.8 Å². The highest BCUT2D eigenvalue weighted by atomic mass is 79.9. The molecule has 0 amide bonds. The van der Waals surface area contributed by atoms with Gasteiger partial charge in [0.05, 0.1) is 6.61 Å². The number of aldehydes is 1. The second kappa shape index (κ2) is 7.28. The van der Waals surface area contributed by atoms with E-state index in [0.29, 0.717) is 19.4 Å². The summed E-state index contributed by atoms with van der Waals surface area (Å²) in [6.07, 6.45) is 2.72. The molecule has 1 unspecified atom stereocenters. The molecular formula is C8H13BrO3. The highest BCUT2D eigenvalue weighted by molar-refractivity contribution is 9.10. The summed E-state index contributed by atoms with van der Waals surface area (Å²) in [6, 6.07) is 0. The molecule has 0 fully saturated rings. The molecule has 0 bridgehead atoms. The third-order valence-electron chi connectivity index (χ3n) is 1.32. The van der Waals surface area contributed by atoms with E-state index in [1.807, 2.05) is 0 Å². The van der Waals surface area contributed by atoms with Crippen LogP contribution in [0.15, 0.2) is 0 Å². The minimum absolute atomic E-state index is 0.247. The maximum absolute atomic E-state index is 11.0. The summed E-state index contributed by atoms with van der Waals surface area (Å²) in [5.74, 6) is -0.247. The van der Waals surface area contributed by atoms with Crippen LogP contribution in [0.4, 0.5) is 0 Å². The summed E-state index contributed by atoms with van der Waals surface area (Å²) in [7, 11) is 0. The standard InChI is InChI=1S/C8H13BrO3/c1-2-12-8(11)7(9)5-3-4-6-10/h6-7H,2-5H2,1H3. The van der Waals surface area contributed by atoms with E-state index in [9.17, 15) is 9.59 Å². The molecule has 0 aromatic heterocycles. The average Bonchev–Trinajstić information content (AvgIpc) is 2.05. The highest BCUT2D eigenvalue weighted by Crippen LogP contribution is 2.10. The Hall–Kier alpha value is -0.380. The van der Waals surface area contributed by atoms with Crippen LogP contribution < -0.4 is 0 Å². The molecule has 0 N–H and O–H groups in total. The number of ether oxygens (including phenoxy) is 1. The summed E-state index contributed by atoms with van der Waals surface area (Å²) in [5.41, 5.74) is 0. The van der Waals surface area contributed by atoms with Crippen molar-refractivity contribution in [3.8, 4) is 0 Å². The fourth-order valence-electron chi connectivity index (χ4n) is 0.731. The van der Waals surface area contributed by atoms with Crippen molar-refractivity contribution >= 4 is 28.2 Å². The lowest BCUT2D eigenvalue weighted by Gasteiger charge is -2.06. The Labute approximate surface area is 80.6 Å². The Morgan fingerprint density at radius 2 is 2.33 bits per heavy atom. The lowest BCUT2D eigenvalue weighted by Crippen LogP contribution is -2.17. The maximum Gasteiger partial charge on any atom is 0.319 e. The summed E-state index contributed by atoms with van der Waals surface area (Å²) in [6.45, 7) is 2.16. The molecule has 0 radical (unpaired) electrons. The predicted molar refractivity (Wildman–Crippen MR) is 49.3 cm³/mol. The molecule has 0 aromatic carbocycles. The van der Waals surface area contributed by atoms with E-state index in [2.05, 4.69) is 15.9 Å². The van der Waals surface area contributed by atoms with E-state index in [4.69, 9.17) is 4.74 Å². The Balaban J connectivity index is 3.49. The molecule has 0 spiro atoms. The van der Waals surface area contributed by atoms with Crippen molar-refractivity contribution in [1.29, 1.82) is 0 Å². The van der Waals surface area contributed by atoms with Gasteiger partial charge in [0.1, 0.15) is 11.1 Å². The quantitative estimate of drug-likeness (QED) is 0.305. The van der Waals surface area contributed by atoms with Gasteiger partial charge in [0.15, 0.2) is 0 Å². The van der Waals surface area contributed by atoms with Crippen molar-refractivity contribution in [2.75, 3.05) is 6.61 Å². The van der Waals surface area contributed by atoms with Gasteiger partial charge in [0.25, 0.3) is 0 Å². The molecule has 0 aromatic rings. The van der Waals surface area contributed by atoms with Crippen molar-refractivity contribution in [3.63, 3.8) is 0 Å². The van der Waals surface area contributed by atoms with Crippen LogP contribution in [0.3, 0.4) is 0 Å². The molecule has 0 aliphatic carbocycles. The van der Waals surface area contributed by atoms with Crippen LogP contribution in [-0.2, 0) is 14.3 Å². The van der Waals surface area contributed by atoms with Gasteiger partial charge >= 0.3 is 5.97 Å². The molecule has 0 heterocycles. The molecule has 1 atom stereocenters. The SMILES string of the molecule is CCOC(=O)C(Br)CCCC=O. The van der Waals surface area contributed by atoms with Gasteiger partial charge in [0, 0.05) is 6.42 Å². The normalized spacial score (nSPS) is 12.2. The molecule has 0 saturated carbocycles. The lowest BCUT2D eigenvalue weighted by atomic mass is 10.2. The fourth-order valence-corrected chi connectivity index (χ4v) is 1.19. The van der Waals surface area contributed by atoms with E-state index in [0.717, 1.165) is 12.7 Å². The number of carbonyl (C=O) groups is 2. The van der Waals surface area contributed by atoms with Crippen LogP contribution >= 0.6 is 15.9 Å². The monoisotopic (exact) mass is 236 g/mol. The first-order chi connectivity index (χ1) is 5.72. The third-order valence-corrected chi connectivity index (χ3v) is 2.15. The molecule has 70 valence electrons. The smallest absolute Gasteiger partial charge is 0.319 e. The number of esters is 1. The number of halogens is 1. The third kappa shape index (κ3) is 5.29. The number of unbranched alkanes of at least 4 members (excludes halogenated alkanes) is 1. The molecule has 0 aliphatic rings. The summed E-state index contributed by atoms with van der Waals surface area (Å²) in [4.78, 5) is 20.7. The van der Waals surface area contributed by atoms with Crippen LogP contribution in [-0.4, -0.2) is 23.7 Å². The van der Waals surface area contributed by atoms with Crippen molar-refractivity contribution in [2.24, 2.45) is 0 Å². The van der Waals surface area contributed by atoms with Crippen molar-refractivity contribution in [2.45, 2.75) is 31.0 Å². The van der Waals surface area contributed by atoms with Crippen LogP contribution in [0.2, 0.25) is 0 Å². The van der Waals surface area contributed by atoms with E-state index < -0.39 is 0 Å². The van der Waals surface area contributed by atoms with Gasteiger partial charge < -0.3 is 9.53 Å². The number of hydrogen-bond acceptors (Lipinski definition) is 3. The van der Waals surface area contributed by atoms with E-state index in [-0.39, 0.29) is 10.8 Å². The summed E-state index contributed by atoms with van der Waals surface area (Å²) in [5, 5.41) is 0. The summed E-state index contributed by atoms with van der Waals surface area (Å²) < 4.78 is 4.76. The molecule has 0 aliphatic heterocycles. The van der Waals surface area contributed by atoms with Gasteiger partial charge in [-0.25, -0.2) is 0 Å². The van der Waals surface area contributed by atoms with Crippen LogP contribution in [0, 0.1) is 0 Å². The number of hydrogen-bond donors (Lipinski definition) is 0. The Kier molecular flexibility index (Phi) is 7.05. The Morgan fingerprint density at radius 3 is 2.83 bits per heavy atom. The van der Waals surface area contributed by atoms with Gasteiger partial charge in [-0.1, -0.05) is 15.9 Å². The van der Waals surface area contributed by atoms with Crippen LogP contribution in [0.1, 0.15) is 26.2 Å². The summed E-state index contributed by atoms with van der Waals surface area (Å²) >= 11 is 3.18. The molecule has 0 saturated heterocycles. The fraction of sp³-hybridized carbons (Fsp3) is 0.750. The van der Waals surface area contributed by atoms with Crippen LogP contribution in [0.5, 0.6) is 0 Å². The van der Waals surface area contributed by atoms with Crippen molar-refractivity contribution < 1.29 is 14.3 Å². The number of carbonyl (C=O) groups excluding carboxylic acids is 2. The first-order valence-corrected chi connectivity index (χ1v) is 4.88. The largest absolute Gasteiger partial charge is 0.465 e. The zero-order valence-corrected chi connectivity index (χ0v) is 8.67. The zero-order chi connectivity index (χ0) is 9.40. The topological polar surface area (TPSA) is 43.4 Å². The molecule has 12 heavy (non-hydrogen) atoms. The molecule has 0 rings (SSSR count). The Bertz CT molecular complexity index is 147. The van der Waals surface area contributed by atoms with Crippen molar-refractivity contribution in [3.05, 3.63) is 0 Å². The first kappa shape index (κ1) is 11.6. The van der Waals surface area contributed by atoms with E-state index in [1.54, 1.807) is 6.92 Å². The first-order valence-electron chi connectivity index (χ1n) is 3.96. The zero-order valence-electron chi connectivity index (χ0n) is 7.09. The van der Waals surface area contributed by atoms with Gasteiger partial charge in [-0.2, -0.15) is 0 Å². The Morgan fingerprint density at radius 1 is 1.67 bits per heavy atom. The minimum atomic E-state index is -0.266. The predicted octanol–water partition coefficient (Wildman–Crippen LogP) is 1.68. The average molecular weight is 237 g/mol. The van der Waals surface area contributed by atoms with Gasteiger partial charge in [0.2, 0.25) is 0 Å². The molecular weight excluding hydrogens is 224 g/mol. The number of rotatable bonds is 6. The molecule has 4 heteroatoms. The van der Waals surface area contributed by atoms with E-state index in [1.165, 1.54) is 0 Å². The van der Waals surface area contributed by atoms with Crippen molar-refractivity contribution in [1.82, 2.24) is 0 Å². The highest BCUT2D eigenvalue weighted by Gasteiger charge is 2.14. The van der Waals surface area contributed by atoms with E-state index >= 15 is 0 Å². The van der Waals surface area contributed by atoms with Crippen LogP contribution in [0.25, 0.3) is 0 Å². The maximum atomic E-state index is 11.0. The second-order valence-corrected chi connectivity index (χ2v) is 3.42. The van der Waals surface area contributed by atoms with Gasteiger partial charge in [-0.15, -0.1) is 0 Å². The number of alkyl halides is 1. The molecule has 3 nitrogen and oxygen atoms in total. The minimum Gasteiger partial charge on any atom is -0.465 e. The lowest BCUT2D eigenvalue weighted by molar-refractivity contribution is -0.142.